The van der Waals surface area contributed by atoms with Crippen LogP contribution >= 0.6 is 22.9 Å². The van der Waals surface area contributed by atoms with E-state index in [1.165, 1.54) is 5.56 Å². The highest BCUT2D eigenvalue weighted by Gasteiger charge is 2.09. The highest BCUT2D eigenvalue weighted by molar-refractivity contribution is 7.07. The van der Waals surface area contributed by atoms with Crippen LogP contribution in [0.2, 0.25) is 5.02 Å². The maximum atomic E-state index is 6.14. The number of hydrogen-bond acceptors (Lipinski definition) is 5. The molecule has 20 heavy (non-hydrogen) atoms. The number of hydrogen-bond donors (Lipinski definition) is 2. The summed E-state index contributed by atoms with van der Waals surface area (Å²) in [5, 5.41) is 11.3. The van der Waals surface area contributed by atoms with E-state index in [0.717, 1.165) is 19.4 Å². The zero-order chi connectivity index (χ0) is 14.4. The van der Waals surface area contributed by atoms with Crippen molar-refractivity contribution in [1.82, 2.24) is 9.97 Å². The molecular weight excluding hydrogens is 292 g/mol. The van der Waals surface area contributed by atoms with Crippen LogP contribution in [0.25, 0.3) is 0 Å². The van der Waals surface area contributed by atoms with Gasteiger partial charge in [-0.2, -0.15) is 16.3 Å². The summed E-state index contributed by atoms with van der Waals surface area (Å²) < 4.78 is 0. The number of rotatable bonds is 7. The van der Waals surface area contributed by atoms with Crippen molar-refractivity contribution in [1.29, 1.82) is 0 Å². The van der Waals surface area contributed by atoms with Gasteiger partial charge in [-0.1, -0.05) is 18.5 Å². The lowest BCUT2D eigenvalue weighted by Gasteiger charge is -2.15. The van der Waals surface area contributed by atoms with E-state index in [2.05, 4.69) is 51.3 Å². The summed E-state index contributed by atoms with van der Waals surface area (Å²) in [5.74, 6) is 1.30. The number of nitrogens with one attached hydrogen (secondary N) is 2. The summed E-state index contributed by atoms with van der Waals surface area (Å²) in [7, 11) is 0. The third-order valence-electron chi connectivity index (χ3n) is 2.78. The first-order chi connectivity index (χ1) is 9.69. The first-order valence-electron chi connectivity index (χ1n) is 6.73. The minimum atomic E-state index is 0.260. The first kappa shape index (κ1) is 15.1. The summed E-state index contributed by atoms with van der Waals surface area (Å²) in [4.78, 5) is 8.58. The van der Waals surface area contributed by atoms with Crippen molar-refractivity contribution in [2.75, 3.05) is 17.2 Å². The van der Waals surface area contributed by atoms with Crippen LogP contribution in [0.4, 0.5) is 11.8 Å². The monoisotopic (exact) mass is 310 g/mol. The van der Waals surface area contributed by atoms with Gasteiger partial charge >= 0.3 is 0 Å². The lowest BCUT2D eigenvalue weighted by Crippen LogP contribution is -2.19. The molecule has 2 aromatic heterocycles. The van der Waals surface area contributed by atoms with Crippen molar-refractivity contribution in [3.63, 3.8) is 0 Å². The van der Waals surface area contributed by atoms with Crippen molar-refractivity contribution in [2.24, 2.45) is 0 Å². The van der Waals surface area contributed by atoms with Gasteiger partial charge in [0, 0.05) is 12.6 Å². The van der Waals surface area contributed by atoms with Crippen molar-refractivity contribution in [3.8, 4) is 0 Å². The van der Waals surface area contributed by atoms with Crippen molar-refractivity contribution < 1.29 is 0 Å². The summed E-state index contributed by atoms with van der Waals surface area (Å²) in [6.45, 7) is 5.08. The average Bonchev–Trinajstić information content (AvgIpc) is 2.92. The molecule has 1 atom stereocenters. The zero-order valence-electron chi connectivity index (χ0n) is 11.7. The highest BCUT2D eigenvalue weighted by atomic mass is 35.5. The van der Waals surface area contributed by atoms with Crippen molar-refractivity contribution >= 4 is 34.7 Å². The van der Waals surface area contributed by atoms with E-state index >= 15 is 0 Å². The van der Waals surface area contributed by atoms with E-state index in [1.54, 1.807) is 17.5 Å². The van der Waals surface area contributed by atoms with E-state index in [4.69, 9.17) is 11.6 Å². The molecule has 108 valence electrons. The molecule has 2 N–H and O–H groups in total. The van der Waals surface area contributed by atoms with Gasteiger partial charge in [0.05, 0.1) is 6.20 Å². The Kier molecular flexibility index (Phi) is 5.61. The number of anilines is 2. The second-order valence-electron chi connectivity index (χ2n) is 4.70. The summed E-state index contributed by atoms with van der Waals surface area (Å²) in [5.41, 5.74) is 1.32. The van der Waals surface area contributed by atoms with Crippen molar-refractivity contribution in [2.45, 2.75) is 32.7 Å². The Morgan fingerprint density at radius 3 is 3.00 bits per heavy atom. The topological polar surface area (TPSA) is 49.8 Å². The Morgan fingerprint density at radius 2 is 2.30 bits per heavy atom. The van der Waals surface area contributed by atoms with Gasteiger partial charge in [-0.25, -0.2) is 4.98 Å². The lowest BCUT2D eigenvalue weighted by molar-refractivity contribution is 0.786. The Labute approximate surface area is 128 Å². The quantitative estimate of drug-likeness (QED) is 0.810. The molecule has 0 radical (unpaired) electrons. The molecule has 0 bridgehead atoms. The van der Waals surface area contributed by atoms with Crippen LogP contribution in [-0.4, -0.2) is 22.6 Å². The largest absolute Gasteiger partial charge is 0.366 e. The van der Waals surface area contributed by atoms with Gasteiger partial charge in [0.2, 0.25) is 5.95 Å². The predicted molar refractivity (Wildman–Crippen MR) is 86.9 cm³/mol. The number of thiophene rings is 1. The maximum Gasteiger partial charge on any atom is 0.224 e. The number of halogens is 1. The second-order valence-corrected chi connectivity index (χ2v) is 5.89. The first-order valence-corrected chi connectivity index (χ1v) is 8.05. The molecule has 6 heteroatoms. The van der Waals surface area contributed by atoms with Gasteiger partial charge in [0.15, 0.2) is 5.82 Å². The third kappa shape index (κ3) is 4.35. The Bertz CT molecular complexity index is 530. The van der Waals surface area contributed by atoms with Crippen LogP contribution in [0, 0.1) is 0 Å². The van der Waals surface area contributed by atoms with Gasteiger partial charge in [0.1, 0.15) is 5.02 Å². The molecule has 0 aliphatic rings. The van der Waals surface area contributed by atoms with Crippen LogP contribution in [0.3, 0.4) is 0 Å². The normalized spacial score (nSPS) is 12.2. The molecule has 1 unspecified atom stereocenters. The second kappa shape index (κ2) is 7.45. The molecule has 0 fully saturated rings. The maximum absolute atomic E-state index is 6.14. The van der Waals surface area contributed by atoms with E-state index in [9.17, 15) is 0 Å². The molecule has 0 aromatic carbocycles. The van der Waals surface area contributed by atoms with Gasteiger partial charge < -0.3 is 10.6 Å². The Morgan fingerprint density at radius 1 is 1.45 bits per heavy atom. The fraction of sp³-hybridized carbons (Fsp3) is 0.429. The molecule has 0 aliphatic carbocycles. The SMILES string of the molecule is CCCNc1ncc(Cl)c(NC(C)Cc2ccsc2)n1. The molecule has 0 saturated heterocycles. The Balaban J connectivity index is 2.00. The van der Waals surface area contributed by atoms with Crippen molar-refractivity contribution in [3.05, 3.63) is 33.6 Å². The van der Waals surface area contributed by atoms with Gasteiger partial charge in [0.25, 0.3) is 0 Å². The van der Waals surface area contributed by atoms with Gasteiger partial charge in [-0.05, 0) is 42.2 Å². The van der Waals surface area contributed by atoms with E-state index in [1.807, 2.05) is 0 Å². The summed E-state index contributed by atoms with van der Waals surface area (Å²) in [6, 6.07) is 2.40. The van der Waals surface area contributed by atoms with Crippen LogP contribution in [0.15, 0.2) is 23.0 Å². The average molecular weight is 311 g/mol. The molecule has 2 rings (SSSR count). The van der Waals surface area contributed by atoms with Gasteiger partial charge in [-0.3, -0.25) is 0 Å². The summed E-state index contributed by atoms with van der Waals surface area (Å²) in [6.07, 6.45) is 3.61. The highest BCUT2D eigenvalue weighted by Crippen LogP contribution is 2.21. The van der Waals surface area contributed by atoms with Crippen LogP contribution in [0.5, 0.6) is 0 Å². The third-order valence-corrected chi connectivity index (χ3v) is 3.79. The van der Waals surface area contributed by atoms with Crippen LogP contribution in [-0.2, 0) is 6.42 Å². The number of aromatic nitrogens is 2. The van der Waals surface area contributed by atoms with Gasteiger partial charge in [-0.15, -0.1) is 0 Å². The molecule has 2 aromatic rings. The van der Waals surface area contributed by atoms with Crippen LogP contribution in [0.1, 0.15) is 25.8 Å². The van der Waals surface area contributed by atoms with E-state index in [-0.39, 0.29) is 6.04 Å². The minimum absolute atomic E-state index is 0.260. The predicted octanol–water partition coefficient (Wildman–Crippen LogP) is 4.06. The smallest absolute Gasteiger partial charge is 0.224 e. The molecule has 0 saturated carbocycles. The lowest BCUT2D eigenvalue weighted by atomic mass is 10.1. The molecular formula is C14H19ClN4S. The van der Waals surface area contributed by atoms with Crippen LogP contribution < -0.4 is 10.6 Å². The summed E-state index contributed by atoms with van der Waals surface area (Å²) >= 11 is 7.86. The fourth-order valence-electron chi connectivity index (χ4n) is 1.84. The van der Waals surface area contributed by atoms with E-state index in [0.29, 0.717) is 16.8 Å². The van der Waals surface area contributed by atoms with E-state index < -0.39 is 0 Å². The molecule has 0 aliphatic heterocycles. The molecule has 4 nitrogen and oxygen atoms in total. The number of nitrogens with zero attached hydrogens (tertiary/aromatic N) is 2. The zero-order valence-corrected chi connectivity index (χ0v) is 13.3. The molecule has 2 heterocycles. The standard InChI is InChI=1S/C14H19ClN4S/c1-3-5-16-14-17-8-12(15)13(19-14)18-10(2)7-11-4-6-20-9-11/h4,6,8-10H,3,5,7H2,1-2H3,(H2,16,17,18,19). The Hall–Kier alpha value is -1.33. The minimum Gasteiger partial charge on any atom is -0.366 e. The molecule has 0 amide bonds. The fourth-order valence-corrected chi connectivity index (χ4v) is 2.66. The molecule has 0 spiro atoms.